The van der Waals surface area contributed by atoms with Gasteiger partial charge in [0.2, 0.25) is 5.91 Å². The average molecular weight is 510 g/mol. The number of hydrogen-bond acceptors (Lipinski definition) is 4. The molecule has 4 rings (SSSR count). The number of halogens is 1. The van der Waals surface area contributed by atoms with Crippen LogP contribution in [0.2, 0.25) is 0 Å². The van der Waals surface area contributed by atoms with E-state index < -0.39 is 23.7 Å². The van der Waals surface area contributed by atoms with Gasteiger partial charge >= 0.3 is 0 Å². The molecule has 5 nitrogen and oxygen atoms in total. The monoisotopic (exact) mass is 509 g/mol. The standard InChI is InChI=1S/C30H24FN3O2S/c31-25-13-11-23(12-14-25)29(35)34-27(17-21-7-3-1-4-8-21)30(36)33-26-15-16-28(24(18-26)19-32)37-20-22-9-5-2-6-10-22/h1-16,18,27H,17,20H2,(H,33,36)(H,34,35). The highest BCUT2D eigenvalue weighted by Crippen LogP contribution is 2.28. The normalized spacial score (nSPS) is 11.2. The number of nitrogens with one attached hydrogen (secondary N) is 2. The molecule has 0 saturated heterocycles. The molecule has 1 atom stereocenters. The van der Waals surface area contributed by atoms with Crippen LogP contribution in [0.1, 0.15) is 27.0 Å². The Balaban J connectivity index is 1.49. The van der Waals surface area contributed by atoms with Crippen molar-refractivity contribution in [1.82, 2.24) is 5.32 Å². The number of nitrogens with zero attached hydrogens (tertiary/aromatic N) is 1. The Hall–Kier alpha value is -4.41. The zero-order valence-corrected chi connectivity index (χ0v) is 20.7. The maximum Gasteiger partial charge on any atom is 0.251 e. The Labute approximate surface area is 219 Å². The van der Waals surface area contributed by atoms with E-state index in [-0.39, 0.29) is 12.0 Å². The van der Waals surface area contributed by atoms with Crippen LogP contribution < -0.4 is 10.6 Å². The van der Waals surface area contributed by atoms with Crippen molar-refractivity contribution in [1.29, 1.82) is 5.26 Å². The Bertz CT molecular complexity index is 1400. The summed E-state index contributed by atoms with van der Waals surface area (Å²) in [6, 6.07) is 30.9. The Morgan fingerprint density at radius 3 is 2.16 bits per heavy atom. The molecule has 0 aliphatic carbocycles. The van der Waals surface area contributed by atoms with Crippen molar-refractivity contribution in [2.24, 2.45) is 0 Å². The van der Waals surface area contributed by atoms with E-state index in [0.29, 0.717) is 11.3 Å². The highest BCUT2D eigenvalue weighted by atomic mass is 32.2. The minimum Gasteiger partial charge on any atom is -0.340 e. The number of thioether (sulfide) groups is 1. The minimum atomic E-state index is -0.891. The summed E-state index contributed by atoms with van der Waals surface area (Å²) in [6.07, 6.45) is 0.260. The molecule has 184 valence electrons. The SMILES string of the molecule is N#Cc1cc(NC(=O)C(Cc2ccccc2)NC(=O)c2ccc(F)cc2)ccc1SCc1ccccc1. The molecule has 0 aromatic heterocycles. The molecule has 0 aliphatic rings. The highest BCUT2D eigenvalue weighted by molar-refractivity contribution is 7.98. The molecule has 0 saturated carbocycles. The van der Waals surface area contributed by atoms with E-state index in [1.54, 1.807) is 23.9 Å². The van der Waals surface area contributed by atoms with Gasteiger partial charge in [-0.25, -0.2) is 4.39 Å². The lowest BCUT2D eigenvalue weighted by Gasteiger charge is -2.19. The van der Waals surface area contributed by atoms with Crippen LogP contribution in [0.4, 0.5) is 10.1 Å². The van der Waals surface area contributed by atoms with Crippen molar-refractivity contribution in [3.63, 3.8) is 0 Å². The van der Waals surface area contributed by atoms with Crippen LogP contribution in [0.3, 0.4) is 0 Å². The Morgan fingerprint density at radius 2 is 1.51 bits per heavy atom. The summed E-state index contributed by atoms with van der Waals surface area (Å²) in [5, 5.41) is 15.3. The van der Waals surface area contributed by atoms with Crippen LogP contribution in [0.25, 0.3) is 0 Å². The maximum absolute atomic E-state index is 13.3. The fraction of sp³-hybridized carbons (Fsp3) is 0.100. The van der Waals surface area contributed by atoms with Crippen LogP contribution in [0.15, 0.2) is 108 Å². The third-order valence-corrected chi connectivity index (χ3v) is 6.76. The summed E-state index contributed by atoms with van der Waals surface area (Å²) in [5.41, 5.74) is 3.18. The minimum absolute atomic E-state index is 0.249. The van der Waals surface area contributed by atoms with Gasteiger partial charge in [-0.2, -0.15) is 5.26 Å². The number of nitriles is 1. The van der Waals surface area contributed by atoms with E-state index in [1.165, 1.54) is 24.3 Å². The molecule has 0 radical (unpaired) electrons. The molecule has 2 N–H and O–H groups in total. The fourth-order valence-corrected chi connectivity index (χ4v) is 4.63. The van der Waals surface area contributed by atoms with E-state index in [0.717, 1.165) is 21.8 Å². The van der Waals surface area contributed by atoms with Gasteiger partial charge in [-0.05, 0) is 53.6 Å². The summed E-state index contributed by atoms with van der Waals surface area (Å²) in [6.45, 7) is 0. The van der Waals surface area contributed by atoms with Gasteiger partial charge < -0.3 is 10.6 Å². The van der Waals surface area contributed by atoms with Crippen LogP contribution >= 0.6 is 11.8 Å². The molecule has 0 heterocycles. The summed E-state index contributed by atoms with van der Waals surface area (Å²) in [5.74, 6) is -0.640. The van der Waals surface area contributed by atoms with Crippen molar-refractivity contribution in [3.05, 3.63) is 131 Å². The van der Waals surface area contributed by atoms with Gasteiger partial charge in [-0.3, -0.25) is 9.59 Å². The molecular weight excluding hydrogens is 485 g/mol. The third-order valence-electron chi connectivity index (χ3n) is 5.62. The van der Waals surface area contributed by atoms with E-state index >= 15 is 0 Å². The van der Waals surface area contributed by atoms with Gasteiger partial charge in [0, 0.05) is 28.3 Å². The molecule has 1 unspecified atom stereocenters. The van der Waals surface area contributed by atoms with Crippen molar-refractivity contribution >= 4 is 29.3 Å². The molecule has 7 heteroatoms. The van der Waals surface area contributed by atoms with Crippen LogP contribution in [0, 0.1) is 17.1 Å². The van der Waals surface area contributed by atoms with Gasteiger partial charge in [0.05, 0.1) is 5.56 Å². The lowest BCUT2D eigenvalue weighted by atomic mass is 10.0. The van der Waals surface area contributed by atoms with Gasteiger partial charge in [-0.1, -0.05) is 60.7 Å². The molecule has 0 bridgehead atoms. The molecule has 0 aliphatic heterocycles. The molecule has 2 amide bonds. The van der Waals surface area contributed by atoms with Gasteiger partial charge in [-0.15, -0.1) is 11.8 Å². The Kier molecular flexibility index (Phi) is 8.69. The summed E-state index contributed by atoms with van der Waals surface area (Å²) < 4.78 is 13.3. The van der Waals surface area contributed by atoms with Crippen molar-refractivity contribution < 1.29 is 14.0 Å². The highest BCUT2D eigenvalue weighted by Gasteiger charge is 2.22. The quantitative estimate of drug-likeness (QED) is 0.272. The van der Waals surface area contributed by atoms with Gasteiger partial charge in [0.1, 0.15) is 17.9 Å². The molecular formula is C30H24FN3O2S. The number of carbonyl (C=O) groups excluding carboxylic acids is 2. The number of benzene rings is 4. The molecule has 4 aromatic rings. The molecule has 0 fully saturated rings. The van der Waals surface area contributed by atoms with Gasteiger partial charge in [0.15, 0.2) is 0 Å². The van der Waals surface area contributed by atoms with E-state index in [1.807, 2.05) is 66.7 Å². The fourth-order valence-electron chi connectivity index (χ4n) is 3.69. The Morgan fingerprint density at radius 1 is 0.865 bits per heavy atom. The second-order valence-electron chi connectivity index (χ2n) is 8.31. The predicted octanol–water partition coefficient (Wildman–Crippen LogP) is 5.97. The summed E-state index contributed by atoms with van der Waals surface area (Å²) in [7, 11) is 0. The zero-order valence-electron chi connectivity index (χ0n) is 19.9. The third kappa shape index (κ3) is 7.29. The lowest BCUT2D eigenvalue weighted by Crippen LogP contribution is -2.45. The van der Waals surface area contributed by atoms with Crippen molar-refractivity contribution in [2.75, 3.05) is 5.32 Å². The number of anilines is 1. The summed E-state index contributed by atoms with van der Waals surface area (Å²) >= 11 is 1.55. The van der Waals surface area contributed by atoms with E-state index in [2.05, 4.69) is 16.7 Å². The zero-order chi connectivity index (χ0) is 26.0. The van der Waals surface area contributed by atoms with E-state index in [4.69, 9.17) is 0 Å². The number of hydrogen-bond donors (Lipinski definition) is 2. The second kappa shape index (κ2) is 12.5. The first-order valence-corrected chi connectivity index (χ1v) is 12.6. The number of carbonyl (C=O) groups is 2. The first-order valence-electron chi connectivity index (χ1n) is 11.6. The first-order chi connectivity index (χ1) is 18.0. The molecule has 4 aromatic carbocycles. The molecule has 0 spiro atoms. The lowest BCUT2D eigenvalue weighted by molar-refractivity contribution is -0.118. The van der Waals surface area contributed by atoms with Crippen molar-refractivity contribution in [2.45, 2.75) is 23.1 Å². The van der Waals surface area contributed by atoms with Crippen LogP contribution in [0.5, 0.6) is 0 Å². The maximum atomic E-state index is 13.3. The van der Waals surface area contributed by atoms with Gasteiger partial charge in [0.25, 0.3) is 5.91 Å². The number of amides is 2. The largest absolute Gasteiger partial charge is 0.340 e. The average Bonchev–Trinajstić information content (AvgIpc) is 2.93. The number of rotatable bonds is 9. The first kappa shape index (κ1) is 25.7. The van der Waals surface area contributed by atoms with Crippen LogP contribution in [-0.2, 0) is 17.0 Å². The molecule has 37 heavy (non-hydrogen) atoms. The van der Waals surface area contributed by atoms with Crippen LogP contribution in [-0.4, -0.2) is 17.9 Å². The second-order valence-corrected chi connectivity index (χ2v) is 9.33. The smallest absolute Gasteiger partial charge is 0.251 e. The summed E-state index contributed by atoms with van der Waals surface area (Å²) in [4.78, 5) is 26.9. The predicted molar refractivity (Wildman–Crippen MR) is 144 cm³/mol. The van der Waals surface area contributed by atoms with Crippen molar-refractivity contribution in [3.8, 4) is 6.07 Å². The van der Waals surface area contributed by atoms with E-state index in [9.17, 15) is 19.2 Å². The topological polar surface area (TPSA) is 82.0 Å².